The first-order valence-corrected chi connectivity index (χ1v) is 12.7. The van der Waals surface area contributed by atoms with Gasteiger partial charge >= 0.3 is 0 Å². The molecule has 35 heavy (non-hydrogen) atoms. The highest BCUT2D eigenvalue weighted by Gasteiger charge is 2.24. The predicted octanol–water partition coefficient (Wildman–Crippen LogP) is 5.21. The smallest absolute Gasteiger partial charge is 0.270 e. The second-order valence-corrected chi connectivity index (χ2v) is 9.77. The third-order valence-corrected chi connectivity index (χ3v) is 6.82. The van der Waals surface area contributed by atoms with Gasteiger partial charge in [-0.2, -0.15) is 5.10 Å². The zero-order chi connectivity index (χ0) is 24.8. The maximum atomic E-state index is 13.5. The number of halogens is 2. The van der Waals surface area contributed by atoms with E-state index in [9.17, 15) is 9.59 Å². The summed E-state index contributed by atoms with van der Waals surface area (Å²) in [6, 6.07) is 26.2. The molecular weight excluding hydrogens is 572 g/mol. The maximum absolute atomic E-state index is 13.5. The van der Waals surface area contributed by atoms with Gasteiger partial charge in [0.15, 0.2) is 0 Å². The minimum absolute atomic E-state index is 0.268. The SMILES string of the molecule is CNC(=O)C(Cc1ccccc1Br)NC(=O)c1cc(-c2ccccc2)nn1Cc1cccc(Br)c1. The summed E-state index contributed by atoms with van der Waals surface area (Å²) in [6.45, 7) is 0.407. The normalized spacial score (nSPS) is 11.6. The van der Waals surface area contributed by atoms with E-state index in [-0.39, 0.29) is 11.8 Å². The molecule has 1 unspecified atom stereocenters. The number of hydrogen-bond donors (Lipinski definition) is 2. The molecule has 1 atom stereocenters. The molecular formula is C27H24Br2N4O2. The van der Waals surface area contributed by atoms with Crippen molar-refractivity contribution in [2.75, 3.05) is 7.05 Å². The van der Waals surface area contributed by atoms with Crippen LogP contribution in [-0.2, 0) is 17.8 Å². The molecule has 0 aliphatic heterocycles. The minimum Gasteiger partial charge on any atom is -0.357 e. The molecule has 2 N–H and O–H groups in total. The average Bonchev–Trinajstić information content (AvgIpc) is 3.29. The van der Waals surface area contributed by atoms with Crippen LogP contribution in [-0.4, -0.2) is 34.7 Å². The van der Waals surface area contributed by atoms with E-state index in [0.717, 1.165) is 25.6 Å². The number of carbonyl (C=O) groups is 2. The summed E-state index contributed by atoms with van der Waals surface area (Å²) >= 11 is 7.03. The van der Waals surface area contributed by atoms with Gasteiger partial charge in [-0.3, -0.25) is 14.3 Å². The number of carbonyl (C=O) groups excluding carboxylic acids is 2. The number of likely N-dealkylation sites (N-methyl/N-ethyl adjacent to an activating group) is 1. The van der Waals surface area contributed by atoms with Gasteiger partial charge in [0, 0.05) is 28.0 Å². The number of hydrogen-bond acceptors (Lipinski definition) is 3. The summed E-state index contributed by atoms with van der Waals surface area (Å²) in [5.74, 6) is -0.634. The molecule has 0 spiro atoms. The molecule has 1 aromatic heterocycles. The van der Waals surface area contributed by atoms with E-state index in [0.29, 0.717) is 24.4 Å². The van der Waals surface area contributed by atoms with Crippen molar-refractivity contribution in [3.63, 3.8) is 0 Å². The Morgan fingerprint density at radius 3 is 2.40 bits per heavy atom. The van der Waals surface area contributed by atoms with E-state index in [2.05, 4.69) is 42.5 Å². The third kappa shape index (κ3) is 6.26. The molecule has 0 bridgehead atoms. The van der Waals surface area contributed by atoms with Gasteiger partial charge in [-0.25, -0.2) is 0 Å². The van der Waals surface area contributed by atoms with Gasteiger partial charge < -0.3 is 10.6 Å². The Balaban J connectivity index is 1.66. The van der Waals surface area contributed by atoms with E-state index in [1.54, 1.807) is 17.8 Å². The van der Waals surface area contributed by atoms with Crippen molar-refractivity contribution in [3.8, 4) is 11.3 Å². The largest absolute Gasteiger partial charge is 0.357 e. The Morgan fingerprint density at radius 2 is 1.69 bits per heavy atom. The highest BCUT2D eigenvalue weighted by molar-refractivity contribution is 9.10. The van der Waals surface area contributed by atoms with Crippen molar-refractivity contribution >= 4 is 43.7 Å². The highest BCUT2D eigenvalue weighted by atomic mass is 79.9. The Labute approximate surface area is 221 Å². The monoisotopic (exact) mass is 594 g/mol. The molecule has 0 aliphatic rings. The molecule has 0 fully saturated rings. The second-order valence-electron chi connectivity index (χ2n) is 8.00. The van der Waals surface area contributed by atoms with E-state index in [1.165, 1.54) is 0 Å². The lowest BCUT2D eigenvalue weighted by atomic mass is 10.0. The van der Waals surface area contributed by atoms with E-state index in [4.69, 9.17) is 5.10 Å². The van der Waals surface area contributed by atoms with Crippen molar-refractivity contribution in [1.29, 1.82) is 0 Å². The number of amides is 2. The molecule has 3 aromatic carbocycles. The molecule has 4 rings (SSSR count). The van der Waals surface area contributed by atoms with E-state index in [1.807, 2.05) is 78.9 Å². The van der Waals surface area contributed by atoms with E-state index < -0.39 is 6.04 Å². The van der Waals surface area contributed by atoms with Crippen LogP contribution >= 0.6 is 31.9 Å². The van der Waals surface area contributed by atoms with Crippen LogP contribution in [0.25, 0.3) is 11.3 Å². The van der Waals surface area contributed by atoms with Crippen LogP contribution in [0.1, 0.15) is 21.6 Å². The first kappa shape index (κ1) is 24.9. The van der Waals surface area contributed by atoms with E-state index >= 15 is 0 Å². The van der Waals surface area contributed by atoms with Crippen LogP contribution in [0.15, 0.2) is 93.9 Å². The molecule has 0 radical (unpaired) electrons. The van der Waals surface area contributed by atoms with Gasteiger partial charge in [0.05, 0.1) is 12.2 Å². The second kappa shape index (κ2) is 11.5. The maximum Gasteiger partial charge on any atom is 0.270 e. The van der Waals surface area contributed by atoms with Crippen LogP contribution in [0.4, 0.5) is 0 Å². The molecule has 178 valence electrons. The molecule has 8 heteroatoms. The Hall–Kier alpha value is -3.23. The predicted molar refractivity (Wildman–Crippen MR) is 144 cm³/mol. The highest BCUT2D eigenvalue weighted by Crippen LogP contribution is 2.22. The summed E-state index contributed by atoms with van der Waals surface area (Å²) < 4.78 is 3.51. The van der Waals surface area contributed by atoms with Crippen LogP contribution in [0.2, 0.25) is 0 Å². The van der Waals surface area contributed by atoms with Crippen molar-refractivity contribution in [2.24, 2.45) is 0 Å². The zero-order valence-corrected chi connectivity index (χ0v) is 22.2. The summed E-state index contributed by atoms with van der Waals surface area (Å²) in [6.07, 6.45) is 0.345. The van der Waals surface area contributed by atoms with Gasteiger partial charge in [-0.05, 0) is 35.4 Å². The lowest BCUT2D eigenvalue weighted by Gasteiger charge is -2.18. The molecule has 0 saturated carbocycles. The van der Waals surface area contributed by atoms with Crippen LogP contribution in [0.5, 0.6) is 0 Å². The van der Waals surface area contributed by atoms with Crippen LogP contribution in [0.3, 0.4) is 0 Å². The van der Waals surface area contributed by atoms with Crippen molar-refractivity contribution in [3.05, 3.63) is 111 Å². The van der Waals surface area contributed by atoms with Gasteiger partial charge in [-0.1, -0.05) is 92.5 Å². The van der Waals surface area contributed by atoms with Gasteiger partial charge in [0.25, 0.3) is 5.91 Å². The minimum atomic E-state index is -0.749. The topological polar surface area (TPSA) is 76.0 Å². The Kier molecular flexibility index (Phi) is 8.15. The number of benzene rings is 3. The fourth-order valence-electron chi connectivity index (χ4n) is 3.78. The Morgan fingerprint density at radius 1 is 0.943 bits per heavy atom. The van der Waals surface area contributed by atoms with Crippen LogP contribution < -0.4 is 10.6 Å². The van der Waals surface area contributed by atoms with Gasteiger partial charge in [-0.15, -0.1) is 0 Å². The summed E-state index contributed by atoms with van der Waals surface area (Å²) in [4.78, 5) is 26.2. The quantitative estimate of drug-likeness (QED) is 0.294. The van der Waals surface area contributed by atoms with Crippen molar-refractivity contribution in [2.45, 2.75) is 19.0 Å². The number of rotatable bonds is 8. The van der Waals surface area contributed by atoms with Gasteiger partial charge in [0.1, 0.15) is 11.7 Å². The fourth-order valence-corrected chi connectivity index (χ4v) is 4.67. The lowest BCUT2D eigenvalue weighted by Crippen LogP contribution is -2.47. The molecule has 1 heterocycles. The first-order valence-electron chi connectivity index (χ1n) is 11.1. The fraction of sp³-hybridized carbons (Fsp3) is 0.148. The summed E-state index contributed by atoms with van der Waals surface area (Å²) in [7, 11) is 1.56. The Bertz CT molecular complexity index is 1340. The zero-order valence-electron chi connectivity index (χ0n) is 19.0. The standard InChI is InChI=1S/C27H24Br2N4O2/c1-30-26(34)24(15-20-11-5-6-13-22(20)29)31-27(35)25-16-23(19-9-3-2-4-10-19)32-33(25)17-18-8-7-12-21(28)14-18/h2-14,16,24H,15,17H2,1H3,(H,30,34)(H,31,35). The molecule has 0 saturated heterocycles. The summed E-state index contributed by atoms with van der Waals surface area (Å²) in [5.41, 5.74) is 3.89. The molecule has 4 aromatic rings. The average molecular weight is 596 g/mol. The van der Waals surface area contributed by atoms with Gasteiger partial charge in [0.2, 0.25) is 5.91 Å². The van der Waals surface area contributed by atoms with Crippen molar-refractivity contribution in [1.82, 2.24) is 20.4 Å². The number of nitrogens with one attached hydrogen (secondary N) is 2. The molecule has 6 nitrogen and oxygen atoms in total. The molecule has 2 amide bonds. The summed E-state index contributed by atoms with van der Waals surface area (Å²) in [5, 5.41) is 10.3. The first-order chi connectivity index (χ1) is 16.9. The van der Waals surface area contributed by atoms with Crippen molar-refractivity contribution < 1.29 is 9.59 Å². The number of nitrogens with zero attached hydrogens (tertiary/aromatic N) is 2. The molecule has 0 aliphatic carbocycles. The lowest BCUT2D eigenvalue weighted by molar-refractivity contribution is -0.122. The van der Waals surface area contributed by atoms with Crippen LogP contribution in [0, 0.1) is 0 Å². The third-order valence-electron chi connectivity index (χ3n) is 5.55. The number of aromatic nitrogens is 2.